The number of nitrogens with zero attached hydrogens (tertiary/aromatic N) is 4. The number of aromatic nitrogens is 4. The molecule has 3 aromatic heterocycles. The Morgan fingerprint density at radius 1 is 1.15 bits per heavy atom. The minimum Gasteiger partial charge on any atom is -0.342 e. The smallest absolute Gasteiger partial charge is 0.261 e. The second kappa shape index (κ2) is 9.69. The maximum atomic E-state index is 12.7. The first-order valence-corrected chi connectivity index (χ1v) is 11.7. The van der Waals surface area contributed by atoms with Crippen molar-refractivity contribution in [1.29, 1.82) is 0 Å². The van der Waals surface area contributed by atoms with E-state index in [1.54, 1.807) is 29.1 Å². The molecule has 1 fully saturated rings. The molecular weight excluding hydrogens is 452 g/mol. The summed E-state index contributed by atoms with van der Waals surface area (Å²) in [5.41, 5.74) is 2.13. The number of anilines is 2. The number of nitrogens with one attached hydrogen (secondary N) is 2. The lowest BCUT2D eigenvalue weighted by Gasteiger charge is -2.32. The second-order valence-corrected chi connectivity index (χ2v) is 9.00. The number of fused-ring (bicyclic) bond motifs is 1. The van der Waals surface area contributed by atoms with Crippen molar-refractivity contribution in [3.63, 3.8) is 0 Å². The van der Waals surface area contributed by atoms with Crippen molar-refractivity contribution in [3.05, 3.63) is 82.0 Å². The van der Waals surface area contributed by atoms with E-state index in [2.05, 4.69) is 44.5 Å². The summed E-state index contributed by atoms with van der Waals surface area (Å²) in [5.74, 6) is 0.894. The second-order valence-electron chi connectivity index (χ2n) is 8.59. The molecule has 0 spiro atoms. The Bertz CT molecular complexity index is 1360. The van der Waals surface area contributed by atoms with Crippen LogP contribution in [-0.4, -0.2) is 38.5 Å². The molecule has 0 atom stereocenters. The molecule has 0 radical (unpaired) electrons. The fraction of sp³-hybridized carbons (Fsp3) is 0.280. The maximum absolute atomic E-state index is 12.7. The molecule has 0 aliphatic carbocycles. The van der Waals surface area contributed by atoms with E-state index in [0.29, 0.717) is 33.6 Å². The Balaban J connectivity index is 1.29. The van der Waals surface area contributed by atoms with Crippen LogP contribution in [-0.2, 0) is 17.8 Å². The van der Waals surface area contributed by atoms with Crippen LogP contribution in [0.25, 0.3) is 11.0 Å². The molecule has 1 aliphatic heterocycles. The minimum absolute atomic E-state index is 0.0111. The van der Waals surface area contributed by atoms with Gasteiger partial charge in [-0.2, -0.15) is 4.98 Å². The lowest BCUT2D eigenvalue weighted by molar-refractivity contribution is -0.116. The van der Waals surface area contributed by atoms with E-state index < -0.39 is 0 Å². The van der Waals surface area contributed by atoms with Crippen LogP contribution in [0.1, 0.15) is 18.4 Å². The lowest BCUT2D eigenvalue weighted by atomic mass is 9.90. The largest absolute Gasteiger partial charge is 0.342 e. The number of aromatic amines is 1. The van der Waals surface area contributed by atoms with Gasteiger partial charge < -0.3 is 14.8 Å². The molecule has 4 heterocycles. The van der Waals surface area contributed by atoms with Crippen LogP contribution in [0.2, 0.25) is 5.02 Å². The van der Waals surface area contributed by atoms with Gasteiger partial charge in [0.25, 0.3) is 5.56 Å². The van der Waals surface area contributed by atoms with E-state index >= 15 is 0 Å². The number of pyridine rings is 1. The third kappa shape index (κ3) is 4.82. The van der Waals surface area contributed by atoms with Crippen LogP contribution in [0.15, 0.2) is 65.8 Å². The standard InChI is InChI=1S/C25H25ClN6O2/c26-20-15-27-10-6-21(20)28-22(33)16-32-13-9-19-23(32)29-25(30-24(19)34)31-11-7-18(8-12-31)14-17-4-2-1-3-5-17/h1-6,9-10,13,15,18H,7-8,11-12,14,16H2,(H,27,28,33)(H,29,30,34). The number of H-pyrrole nitrogens is 1. The predicted octanol–water partition coefficient (Wildman–Crippen LogP) is 3.87. The summed E-state index contributed by atoms with van der Waals surface area (Å²) in [6.07, 6.45) is 7.87. The van der Waals surface area contributed by atoms with Crippen LogP contribution >= 0.6 is 11.6 Å². The summed E-state index contributed by atoms with van der Waals surface area (Å²) in [6.45, 7) is 1.67. The molecule has 0 bridgehead atoms. The summed E-state index contributed by atoms with van der Waals surface area (Å²) < 4.78 is 1.68. The summed E-state index contributed by atoms with van der Waals surface area (Å²) in [7, 11) is 0. The quantitative estimate of drug-likeness (QED) is 0.440. The van der Waals surface area contributed by atoms with Crippen molar-refractivity contribution in [3.8, 4) is 0 Å². The number of carbonyl (C=O) groups is 1. The van der Waals surface area contributed by atoms with E-state index in [-0.39, 0.29) is 18.0 Å². The molecule has 9 heteroatoms. The van der Waals surface area contributed by atoms with Crippen LogP contribution in [0.5, 0.6) is 0 Å². The third-order valence-corrected chi connectivity index (χ3v) is 6.56. The van der Waals surface area contributed by atoms with Gasteiger partial charge in [-0.25, -0.2) is 0 Å². The number of hydrogen-bond acceptors (Lipinski definition) is 5. The Morgan fingerprint density at radius 3 is 2.71 bits per heavy atom. The van der Waals surface area contributed by atoms with Crippen LogP contribution < -0.4 is 15.8 Å². The fourth-order valence-electron chi connectivity index (χ4n) is 4.46. The zero-order valence-electron chi connectivity index (χ0n) is 18.6. The Kier molecular flexibility index (Phi) is 6.31. The number of rotatable bonds is 6. The van der Waals surface area contributed by atoms with Gasteiger partial charge in [-0.1, -0.05) is 41.9 Å². The first-order chi connectivity index (χ1) is 16.6. The number of hydrogen-bond donors (Lipinski definition) is 2. The number of amides is 1. The molecule has 4 aromatic rings. The van der Waals surface area contributed by atoms with E-state index in [1.165, 1.54) is 11.8 Å². The SMILES string of the molecule is O=C(Cn1ccc2c(=O)[nH]c(N3CCC(Cc4ccccc4)CC3)nc21)Nc1ccncc1Cl. The molecule has 1 aliphatic rings. The molecule has 1 aromatic carbocycles. The number of benzene rings is 1. The highest BCUT2D eigenvalue weighted by atomic mass is 35.5. The molecule has 8 nitrogen and oxygen atoms in total. The summed E-state index contributed by atoms with van der Waals surface area (Å²) in [4.78, 5) is 39.0. The van der Waals surface area contributed by atoms with Gasteiger partial charge >= 0.3 is 0 Å². The molecule has 0 saturated carbocycles. The molecule has 0 unspecified atom stereocenters. The molecule has 2 N–H and O–H groups in total. The summed E-state index contributed by atoms with van der Waals surface area (Å²) >= 11 is 6.08. The predicted molar refractivity (Wildman–Crippen MR) is 133 cm³/mol. The van der Waals surface area contributed by atoms with Gasteiger partial charge in [0.05, 0.1) is 16.1 Å². The van der Waals surface area contributed by atoms with Crippen molar-refractivity contribution < 1.29 is 4.79 Å². The zero-order chi connectivity index (χ0) is 23.5. The minimum atomic E-state index is -0.268. The monoisotopic (exact) mass is 476 g/mol. The van der Waals surface area contributed by atoms with Gasteiger partial charge in [0, 0.05) is 31.7 Å². The maximum Gasteiger partial charge on any atom is 0.261 e. The Morgan fingerprint density at radius 2 is 1.94 bits per heavy atom. The summed E-state index contributed by atoms with van der Waals surface area (Å²) in [5, 5.41) is 3.59. The van der Waals surface area contributed by atoms with E-state index in [9.17, 15) is 9.59 Å². The van der Waals surface area contributed by atoms with E-state index in [4.69, 9.17) is 16.6 Å². The van der Waals surface area contributed by atoms with E-state index in [0.717, 1.165) is 32.4 Å². The Labute approximate surface area is 201 Å². The highest BCUT2D eigenvalue weighted by Crippen LogP contribution is 2.24. The molecular formula is C25H25ClN6O2. The summed E-state index contributed by atoms with van der Waals surface area (Å²) in [6, 6.07) is 13.9. The molecule has 1 saturated heterocycles. The van der Waals surface area contributed by atoms with Crippen LogP contribution in [0.4, 0.5) is 11.6 Å². The van der Waals surface area contributed by atoms with Gasteiger partial charge in [0.2, 0.25) is 11.9 Å². The van der Waals surface area contributed by atoms with Crippen LogP contribution in [0.3, 0.4) is 0 Å². The first-order valence-electron chi connectivity index (χ1n) is 11.3. The van der Waals surface area contributed by atoms with Crippen molar-refractivity contribution in [2.24, 2.45) is 5.92 Å². The van der Waals surface area contributed by atoms with Crippen molar-refractivity contribution >= 4 is 40.2 Å². The number of carbonyl (C=O) groups excluding carboxylic acids is 1. The first kappa shape index (κ1) is 22.2. The van der Waals surface area contributed by atoms with Gasteiger partial charge in [-0.15, -0.1) is 0 Å². The van der Waals surface area contributed by atoms with Gasteiger partial charge in [-0.3, -0.25) is 19.6 Å². The normalized spacial score (nSPS) is 14.4. The van der Waals surface area contributed by atoms with Gasteiger partial charge in [-0.05, 0) is 42.9 Å². The zero-order valence-corrected chi connectivity index (χ0v) is 19.3. The van der Waals surface area contributed by atoms with E-state index in [1.807, 2.05) is 6.07 Å². The topological polar surface area (TPSA) is 95.9 Å². The molecule has 5 rings (SSSR count). The fourth-order valence-corrected chi connectivity index (χ4v) is 4.62. The number of halogens is 1. The van der Waals surface area contributed by atoms with Crippen molar-refractivity contribution in [2.75, 3.05) is 23.3 Å². The van der Waals surface area contributed by atoms with Crippen molar-refractivity contribution in [2.45, 2.75) is 25.8 Å². The van der Waals surface area contributed by atoms with Crippen molar-refractivity contribution in [1.82, 2.24) is 19.5 Å². The third-order valence-electron chi connectivity index (χ3n) is 6.26. The average molecular weight is 477 g/mol. The van der Waals surface area contributed by atoms with Gasteiger partial charge in [0.15, 0.2) is 0 Å². The van der Waals surface area contributed by atoms with Gasteiger partial charge in [0.1, 0.15) is 12.2 Å². The Hall–Kier alpha value is -3.65. The van der Waals surface area contributed by atoms with Crippen LogP contribution in [0, 0.1) is 5.92 Å². The highest BCUT2D eigenvalue weighted by Gasteiger charge is 2.22. The highest BCUT2D eigenvalue weighted by molar-refractivity contribution is 6.33. The number of piperidine rings is 1. The molecule has 34 heavy (non-hydrogen) atoms. The molecule has 174 valence electrons. The average Bonchev–Trinajstić information content (AvgIpc) is 3.25. The lowest BCUT2D eigenvalue weighted by Crippen LogP contribution is -2.36. The molecule has 1 amide bonds.